The lowest BCUT2D eigenvalue weighted by Gasteiger charge is -2.19. The van der Waals surface area contributed by atoms with E-state index >= 15 is 0 Å². The Morgan fingerprint density at radius 2 is 1.85 bits per heavy atom. The lowest BCUT2D eigenvalue weighted by molar-refractivity contribution is -0.137. The van der Waals surface area contributed by atoms with Crippen LogP contribution in [0.25, 0.3) is 16.8 Å². The minimum Gasteiger partial charge on any atom is -0.341 e. The zero-order valence-electron chi connectivity index (χ0n) is 20.1. The maximum absolute atomic E-state index is 14.2. The van der Waals surface area contributed by atoms with Crippen LogP contribution in [0.15, 0.2) is 79.3 Å². The molecular weight excluding hydrogens is 550 g/mol. The van der Waals surface area contributed by atoms with Crippen LogP contribution in [0.1, 0.15) is 43.4 Å². The van der Waals surface area contributed by atoms with Crippen molar-refractivity contribution in [1.29, 1.82) is 0 Å². The number of halogens is 5. The number of hydrogen-bond acceptors (Lipinski definition) is 4. The van der Waals surface area contributed by atoms with E-state index in [1.165, 1.54) is 35.1 Å². The largest absolute Gasteiger partial charge is 0.416 e. The molecule has 0 saturated heterocycles. The number of aromatic nitrogens is 3. The normalized spacial score (nSPS) is 14.7. The molecule has 12 heteroatoms. The highest BCUT2D eigenvalue weighted by molar-refractivity contribution is 6.31. The van der Waals surface area contributed by atoms with Gasteiger partial charge in [0.2, 0.25) is 0 Å². The first-order valence-electron chi connectivity index (χ1n) is 11.8. The molecule has 0 spiro atoms. The van der Waals surface area contributed by atoms with E-state index in [-0.39, 0.29) is 27.4 Å². The van der Waals surface area contributed by atoms with Crippen molar-refractivity contribution in [1.82, 2.24) is 19.9 Å². The molecule has 2 N–H and O–H groups in total. The number of amides is 2. The number of fused-ring (bicyclic) bond motifs is 2. The van der Waals surface area contributed by atoms with Crippen molar-refractivity contribution >= 4 is 34.7 Å². The Balaban J connectivity index is 1.50. The van der Waals surface area contributed by atoms with Gasteiger partial charge in [0.1, 0.15) is 12.1 Å². The molecule has 1 atom stereocenters. The summed E-state index contributed by atoms with van der Waals surface area (Å²) in [5.41, 5.74) is 1.35. The van der Waals surface area contributed by atoms with E-state index in [1.54, 1.807) is 30.5 Å². The van der Waals surface area contributed by atoms with Gasteiger partial charge in [-0.15, -0.1) is 0 Å². The van der Waals surface area contributed by atoms with Gasteiger partial charge in [-0.1, -0.05) is 17.7 Å². The minimum absolute atomic E-state index is 0.136. The number of nitrogens with zero attached hydrogens (tertiary/aromatic N) is 3. The first kappa shape index (κ1) is 25.5. The lowest BCUT2D eigenvalue weighted by atomic mass is 9.93. The Kier molecular flexibility index (Phi) is 6.03. The Labute approximate surface area is 228 Å². The average Bonchev–Trinajstić information content (AvgIpc) is 3.53. The fourth-order valence-electron chi connectivity index (χ4n) is 4.69. The molecule has 5 aromatic rings. The summed E-state index contributed by atoms with van der Waals surface area (Å²) in [6, 6.07) is 13.4. The zero-order chi connectivity index (χ0) is 28.2. The van der Waals surface area contributed by atoms with E-state index in [4.69, 9.17) is 11.6 Å². The molecule has 3 heterocycles. The van der Waals surface area contributed by atoms with E-state index in [9.17, 15) is 27.2 Å². The van der Waals surface area contributed by atoms with Crippen LogP contribution in [-0.4, -0.2) is 26.4 Å². The summed E-state index contributed by atoms with van der Waals surface area (Å²) in [5, 5.41) is 9.73. The highest BCUT2D eigenvalue weighted by Gasteiger charge is 2.35. The molecule has 0 bridgehead atoms. The van der Waals surface area contributed by atoms with Crippen LogP contribution in [0.4, 0.5) is 23.2 Å². The Bertz CT molecular complexity index is 1840. The Hall–Kier alpha value is -4.77. The summed E-state index contributed by atoms with van der Waals surface area (Å²) in [7, 11) is 0. The molecule has 2 amide bonds. The molecular formula is C28H16ClF4N5O2. The van der Waals surface area contributed by atoms with Gasteiger partial charge in [0, 0.05) is 44.7 Å². The standard InChI is InChI=1S/C28H16ClF4N5O2/c29-21-6-5-18(30)11-19(21)25-24-20(27(40)37-25)9-16(15-4-7-23-34-13-35-38(23)12-15)10-22(24)36-26(39)14-2-1-3-17(8-14)28(31,32)33/h1-13,25H,(H,36,39)(H,37,40)/t25-/m0/s1. The van der Waals surface area contributed by atoms with Gasteiger partial charge in [-0.25, -0.2) is 13.9 Å². The molecule has 0 saturated carbocycles. The molecule has 1 aliphatic rings. The van der Waals surface area contributed by atoms with Crippen molar-refractivity contribution in [2.24, 2.45) is 0 Å². The Morgan fingerprint density at radius 1 is 1.02 bits per heavy atom. The molecule has 0 unspecified atom stereocenters. The highest BCUT2D eigenvalue weighted by Crippen LogP contribution is 2.42. The molecule has 7 nitrogen and oxygen atoms in total. The molecule has 0 fully saturated rings. The van der Waals surface area contributed by atoms with Gasteiger partial charge in [-0.05, 0) is 66.2 Å². The van der Waals surface area contributed by atoms with Crippen molar-refractivity contribution in [3.05, 3.63) is 118 Å². The maximum atomic E-state index is 14.2. The third-order valence-electron chi connectivity index (χ3n) is 6.57. The van der Waals surface area contributed by atoms with Crippen LogP contribution >= 0.6 is 11.6 Å². The molecule has 0 radical (unpaired) electrons. The van der Waals surface area contributed by atoms with Crippen molar-refractivity contribution in [3.63, 3.8) is 0 Å². The second-order valence-corrected chi connectivity index (χ2v) is 9.48. The molecule has 0 aliphatic carbocycles. The smallest absolute Gasteiger partial charge is 0.341 e. The van der Waals surface area contributed by atoms with Crippen molar-refractivity contribution in [3.8, 4) is 11.1 Å². The van der Waals surface area contributed by atoms with E-state index in [2.05, 4.69) is 20.7 Å². The second-order valence-electron chi connectivity index (χ2n) is 9.07. The summed E-state index contributed by atoms with van der Waals surface area (Å²) < 4.78 is 55.6. The van der Waals surface area contributed by atoms with Gasteiger partial charge in [-0.3, -0.25) is 9.59 Å². The molecule has 40 heavy (non-hydrogen) atoms. The summed E-state index contributed by atoms with van der Waals surface area (Å²) >= 11 is 6.35. The van der Waals surface area contributed by atoms with Gasteiger partial charge in [0.25, 0.3) is 11.8 Å². The number of pyridine rings is 1. The summed E-state index contributed by atoms with van der Waals surface area (Å²) in [5.74, 6) is -1.92. The molecule has 6 rings (SSSR count). The van der Waals surface area contributed by atoms with Crippen molar-refractivity contribution in [2.45, 2.75) is 12.2 Å². The number of alkyl halides is 3. The highest BCUT2D eigenvalue weighted by atomic mass is 35.5. The maximum Gasteiger partial charge on any atom is 0.416 e. The quantitative estimate of drug-likeness (QED) is 0.251. The van der Waals surface area contributed by atoms with E-state index in [0.29, 0.717) is 22.3 Å². The van der Waals surface area contributed by atoms with Crippen molar-refractivity contribution < 1.29 is 27.2 Å². The van der Waals surface area contributed by atoms with Gasteiger partial charge in [0.15, 0.2) is 5.65 Å². The van der Waals surface area contributed by atoms with Gasteiger partial charge < -0.3 is 10.6 Å². The summed E-state index contributed by atoms with van der Waals surface area (Å²) in [6.07, 6.45) is -1.59. The topological polar surface area (TPSA) is 88.4 Å². The van der Waals surface area contributed by atoms with E-state index in [0.717, 1.165) is 18.2 Å². The van der Waals surface area contributed by atoms with E-state index in [1.807, 2.05) is 0 Å². The number of carbonyl (C=O) groups excluding carboxylic acids is 2. The second kappa shape index (κ2) is 9.45. The van der Waals surface area contributed by atoms with Crippen LogP contribution in [0.5, 0.6) is 0 Å². The van der Waals surface area contributed by atoms with Gasteiger partial charge >= 0.3 is 6.18 Å². The van der Waals surface area contributed by atoms with Crippen molar-refractivity contribution in [2.75, 3.05) is 5.32 Å². The van der Waals surface area contributed by atoms with E-state index < -0.39 is 35.4 Å². The number of nitrogens with one attached hydrogen (secondary N) is 2. The van der Waals surface area contributed by atoms with Crippen LogP contribution in [0.3, 0.4) is 0 Å². The van der Waals surface area contributed by atoms with Crippen LogP contribution in [0, 0.1) is 5.82 Å². The predicted octanol–water partition coefficient (Wildman–Crippen LogP) is 6.29. The van der Waals surface area contributed by atoms with Crippen LogP contribution in [-0.2, 0) is 6.18 Å². The number of anilines is 1. The molecule has 200 valence electrons. The zero-order valence-corrected chi connectivity index (χ0v) is 20.9. The fourth-order valence-corrected chi connectivity index (χ4v) is 4.92. The van der Waals surface area contributed by atoms with Crippen LogP contribution in [0.2, 0.25) is 5.02 Å². The first-order valence-corrected chi connectivity index (χ1v) is 12.2. The first-order chi connectivity index (χ1) is 19.1. The third kappa shape index (κ3) is 4.54. The lowest BCUT2D eigenvalue weighted by Crippen LogP contribution is -2.21. The van der Waals surface area contributed by atoms with Gasteiger partial charge in [0.05, 0.1) is 11.6 Å². The number of carbonyl (C=O) groups is 2. The molecule has 3 aromatic carbocycles. The number of rotatable bonds is 4. The molecule has 1 aliphatic heterocycles. The third-order valence-corrected chi connectivity index (χ3v) is 6.91. The van der Waals surface area contributed by atoms with Gasteiger partial charge in [-0.2, -0.15) is 18.3 Å². The van der Waals surface area contributed by atoms with Crippen LogP contribution < -0.4 is 10.6 Å². The Morgan fingerprint density at radius 3 is 2.65 bits per heavy atom. The SMILES string of the molecule is O=C(Nc1cc(-c2ccc3ncnn3c2)cc2c1[C@H](c1cc(F)ccc1Cl)NC2=O)c1cccc(C(F)(F)F)c1. The number of benzene rings is 3. The monoisotopic (exact) mass is 565 g/mol. The summed E-state index contributed by atoms with van der Waals surface area (Å²) in [6.45, 7) is 0. The minimum atomic E-state index is -4.65. The fraction of sp³-hybridized carbons (Fsp3) is 0.0714. The average molecular weight is 566 g/mol. The predicted molar refractivity (Wildman–Crippen MR) is 139 cm³/mol. The number of hydrogen-bond donors (Lipinski definition) is 2. The summed E-state index contributed by atoms with van der Waals surface area (Å²) in [4.78, 5) is 30.5. The molecule has 2 aromatic heterocycles.